The highest BCUT2D eigenvalue weighted by molar-refractivity contribution is 6.32. The zero-order valence-electron chi connectivity index (χ0n) is 20.4. The van der Waals surface area contributed by atoms with Crippen LogP contribution in [0.2, 0.25) is 5.02 Å². The molecule has 0 unspecified atom stereocenters. The largest absolute Gasteiger partial charge is 0.434 e. The van der Waals surface area contributed by atoms with Gasteiger partial charge in [0.15, 0.2) is 5.69 Å². The lowest BCUT2D eigenvalue weighted by molar-refractivity contribution is -0.140. The molecule has 0 amide bonds. The molecule has 198 valence electrons. The molecule has 0 fully saturated rings. The Hall–Kier alpha value is -4.00. The van der Waals surface area contributed by atoms with Gasteiger partial charge in [-0.1, -0.05) is 17.7 Å². The van der Waals surface area contributed by atoms with Gasteiger partial charge in [-0.3, -0.25) is 14.0 Å². The number of benzene rings is 1. The number of hydrogen-bond donors (Lipinski definition) is 0. The maximum absolute atomic E-state index is 15.2. The first-order valence-corrected chi connectivity index (χ1v) is 12.0. The molecule has 4 aromatic heterocycles. The smallest absolute Gasteiger partial charge is 0.331 e. The Bertz CT molecular complexity index is 1710. The monoisotopic (exact) mass is 548 g/mol. The Labute approximate surface area is 217 Å². The van der Waals surface area contributed by atoms with Crippen molar-refractivity contribution in [1.29, 1.82) is 0 Å². The standard InChI is InChI=1S/C24H21ClF4N8O/c1-4-34-12-18(24(27,28)29)31-22(34)15-6-5-14(9-17(15)26)11-35-19(38)7-8-36-23(35)32-21(33-36)20-16(25)10-30-37(20)13(2)3/h5-10,12-13H,4,11H2,1-3H3. The summed E-state index contributed by atoms with van der Waals surface area (Å²) >= 11 is 6.33. The van der Waals surface area contributed by atoms with Gasteiger partial charge in [0.05, 0.1) is 23.3 Å². The number of hydrogen-bond acceptors (Lipinski definition) is 5. The van der Waals surface area contributed by atoms with Crippen LogP contribution in [0.25, 0.3) is 28.7 Å². The quantitative estimate of drug-likeness (QED) is 0.276. The van der Waals surface area contributed by atoms with Crippen molar-refractivity contribution in [1.82, 2.24) is 38.5 Å². The highest BCUT2D eigenvalue weighted by Crippen LogP contribution is 2.32. The summed E-state index contributed by atoms with van der Waals surface area (Å²) in [5, 5.41) is 9.04. The third-order valence-electron chi connectivity index (χ3n) is 5.95. The number of imidazole rings is 1. The van der Waals surface area contributed by atoms with Gasteiger partial charge in [-0.25, -0.2) is 13.9 Å². The molecule has 0 atom stereocenters. The van der Waals surface area contributed by atoms with Crippen LogP contribution in [0, 0.1) is 5.82 Å². The first kappa shape index (κ1) is 25.6. The number of halogens is 5. The fourth-order valence-corrected chi connectivity index (χ4v) is 4.36. The molecule has 0 aliphatic carbocycles. The van der Waals surface area contributed by atoms with Crippen molar-refractivity contribution in [2.75, 3.05) is 0 Å². The van der Waals surface area contributed by atoms with Crippen molar-refractivity contribution in [2.45, 2.75) is 46.1 Å². The summed E-state index contributed by atoms with van der Waals surface area (Å²) < 4.78 is 60.2. The number of aromatic nitrogens is 8. The fourth-order valence-electron chi connectivity index (χ4n) is 4.14. The Balaban J connectivity index is 1.53. The zero-order valence-corrected chi connectivity index (χ0v) is 21.2. The van der Waals surface area contributed by atoms with Gasteiger partial charge >= 0.3 is 6.18 Å². The molecular formula is C24H21ClF4N8O. The van der Waals surface area contributed by atoms with Crippen LogP contribution in [0.4, 0.5) is 17.6 Å². The van der Waals surface area contributed by atoms with Crippen molar-refractivity contribution in [3.8, 4) is 22.9 Å². The van der Waals surface area contributed by atoms with E-state index in [0.717, 1.165) is 12.3 Å². The van der Waals surface area contributed by atoms with Gasteiger partial charge in [-0.15, -0.1) is 5.10 Å². The molecule has 0 aliphatic heterocycles. The van der Waals surface area contributed by atoms with Crippen LogP contribution >= 0.6 is 11.6 Å². The first-order chi connectivity index (χ1) is 18.0. The molecule has 0 aliphatic rings. The average Bonchev–Trinajstić information content (AvgIpc) is 3.57. The number of fused-ring (bicyclic) bond motifs is 1. The summed E-state index contributed by atoms with van der Waals surface area (Å²) in [6, 6.07) is 5.31. The van der Waals surface area contributed by atoms with E-state index in [9.17, 15) is 18.0 Å². The van der Waals surface area contributed by atoms with Crippen LogP contribution in [0.15, 0.2) is 47.7 Å². The molecule has 1 aromatic carbocycles. The Kier molecular flexibility index (Phi) is 6.33. The Morgan fingerprint density at radius 1 is 1.13 bits per heavy atom. The van der Waals surface area contributed by atoms with Gasteiger partial charge in [-0.2, -0.15) is 23.3 Å². The van der Waals surface area contributed by atoms with Gasteiger partial charge in [0.1, 0.15) is 17.3 Å². The van der Waals surface area contributed by atoms with Crippen molar-refractivity contribution in [3.05, 3.63) is 75.3 Å². The number of nitrogens with zero attached hydrogens (tertiary/aromatic N) is 8. The van der Waals surface area contributed by atoms with E-state index in [1.54, 1.807) is 11.6 Å². The minimum absolute atomic E-state index is 0.0247. The second-order valence-corrected chi connectivity index (χ2v) is 9.25. The first-order valence-electron chi connectivity index (χ1n) is 11.6. The van der Waals surface area contributed by atoms with Crippen molar-refractivity contribution >= 4 is 17.4 Å². The summed E-state index contributed by atoms with van der Waals surface area (Å²) in [6.45, 7) is 5.59. The summed E-state index contributed by atoms with van der Waals surface area (Å²) in [4.78, 5) is 20.9. The maximum atomic E-state index is 15.2. The molecule has 0 saturated heterocycles. The van der Waals surface area contributed by atoms with Crippen LogP contribution < -0.4 is 5.56 Å². The second kappa shape index (κ2) is 9.39. The van der Waals surface area contributed by atoms with Crippen LogP contribution in [0.1, 0.15) is 38.1 Å². The molecule has 14 heteroatoms. The molecule has 5 aromatic rings. The fraction of sp³-hybridized carbons (Fsp3) is 0.292. The zero-order chi connectivity index (χ0) is 27.4. The minimum atomic E-state index is -4.65. The Morgan fingerprint density at radius 2 is 1.89 bits per heavy atom. The van der Waals surface area contributed by atoms with Crippen LogP contribution in [0.5, 0.6) is 0 Å². The van der Waals surface area contributed by atoms with Crippen LogP contribution in [0.3, 0.4) is 0 Å². The molecule has 9 nitrogen and oxygen atoms in total. The lowest BCUT2D eigenvalue weighted by atomic mass is 10.1. The van der Waals surface area contributed by atoms with E-state index >= 15 is 4.39 Å². The molecular weight excluding hydrogens is 528 g/mol. The second-order valence-electron chi connectivity index (χ2n) is 8.85. The maximum Gasteiger partial charge on any atom is 0.434 e. The van der Waals surface area contributed by atoms with E-state index in [-0.39, 0.29) is 42.1 Å². The normalized spacial score (nSPS) is 12.2. The summed E-state index contributed by atoms with van der Waals surface area (Å²) in [5.41, 5.74) is -0.706. The number of alkyl halides is 3. The summed E-state index contributed by atoms with van der Waals surface area (Å²) in [7, 11) is 0. The molecule has 0 radical (unpaired) electrons. The molecule has 0 spiro atoms. The molecule has 5 rings (SSSR count). The van der Waals surface area contributed by atoms with Crippen molar-refractivity contribution in [3.63, 3.8) is 0 Å². The molecule has 38 heavy (non-hydrogen) atoms. The van der Waals surface area contributed by atoms with E-state index in [2.05, 4.69) is 20.2 Å². The average molecular weight is 549 g/mol. The lowest BCUT2D eigenvalue weighted by Gasteiger charge is -2.10. The van der Waals surface area contributed by atoms with Gasteiger partial charge in [0.25, 0.3) is 5.56 Å². The molecule has 4 heterocycles. The van der Waals surface area contributed by atoms with E-state index in [0.29, 0.717) is 16.3 Å². The molecule has 0 saturated carbocycles. The predicted octanol–water partition coefficient (Wildman–Crippen LogP) is 5.08. The predicted molar refractivity (Wildman–Crippen MR) is 131 cm³/mol. The van der Waals surface area contributed by atoms with E-state index in [1.807, 2.05) is 13.8 Å². The van der Waals surface area contributed by atoms with E-state index in [1.165, 1.54) is 44.2 Å². The van der Waals surface area contributed by atoms with Gasteiger partial charge in [0, 0.05) is 31.0 Å². The van der Waals surface area contributed by atoms with E-state index < -0.39 is 23.2 Å². The third kappa shape index (κ3) is 4.46. The molecule has 0 N–H and O–H groups in total. The lowest BCUT2D eigenvalue weighted by Crippen LogP contribution is -2.22. The van der Waals surface area contributed by atoms with Crippen molar-refractivity contribution in [2.24, 2.45) is 0 Å². The summed E-state index contributed by atoms with van der Waals surface area (Å²) in [5.74, 6) is -0.454. The number of aryl methyl sites for hydroxylation is 1. The van der Waals surface area contributed by atoms with Gasteiger partial charge in [0.2, 0.25) is 11.6 Å². The minimum Gasteiger partial charge on any atom is -0.331 e. The highest BCUT2D eigenvalue weighted by Gasteiger charge is 2.35. The van der Waals surface area contributed by atoms with Crippen LogP contribution in [-0.4, -0.2) is 38.5 Å². The topological polar surface area (TPSA) is 87.8 Å². The number of rotatable bonds is 6. The van der Waals surface area contributed by atoms with Crippen molar-refractivity contribution < 1.29 is 17.6 Å². The molecule has 0 bridgehead atoms. The third-order valence-corrected chi connectivity index (χ3v) is 6.23. The van der Waals surface area contributed by atoms with E-state index in [4.69, 9.17) is 11.6 Å². The Morgan fingerprint density at radius 3 is 2.55 bits per heavy atom. The summed E-state index contributed by atoms with van der Waals surface area (Å²) in [6.07, 6.45) is -0.856. The van der Waals surface area contributed by atoms with Gasteiger partial charge in [-0.05, 0) is 38.5 Å². The van der Waals surface area contributed by atoms with Crippen LogP contribution in [-0.2, 0) is 19.3 Å². The SMILES string of the molecule is CCn1cc(C(F)(F)F)nc1-c1ccc(Cn2c(=O)ccn3nc(-c4c(Cl)cnn4C(C)C)nc23)cc1F. The van der Waals surface area contributed by atoms with Gasteiger partial charge < -0.3 is 4.57 Å². The highest BCUT2D eigenvalue weighted by atomic mass is 35.5.